The zero-order valence-electron chi connectivity index (χ0n) is 14.6. The van der Waals surface area contributed by atoms with Crippen molar-refractivity contribution in [2.24, 2.45) is 11.7 Å². The second-order valence-electron chi connectivity index (χ2n) is 6.43. The van der Waals surface area contributed by atoms with Gasteiger partial charge >= 0.3 is 0 Å². The summed E-state index contributed by atoms with van der Waals surface area (Å²) in [5, 5.41) is 5.20. The van der Waals surface area contributed by atoms with Crippen molar-refractivity contribution in [1.82, 2.24) is 5.32 Å². The van der Waals surface area contributed by atoms with Crippen molar-refractivity contribution in [3.8, 4) is 0 Å². The summed E-state index contributed by atoms with van der Waals surface area (Å²) < 4.78 is 6.01. The standard InChI is InChI=1S/C18H27N3O3.ClH/c1-13-4-2-7-16(8-13)24-12-14-5-3-6-15(9-14)21-18(23)11-20-17(22)10-19;/h3,5-6,9,13,16H,2,4,7-8,10-12,19H2,1H3,(H,20,22)(H,21,23);1H. The Morgan fingerprint density at radius 2 is 2.08 bits per heavy atom. The van der Waals surface area contributed by atoms with Gasteiger partial charge in [-0.2, -0.15) is 0 Å². The van der Waals surface area contributed by atoms with E-state index in [9.17, 15) is 9.59 Å². The molecule has 7 heteroatoms. The van der Waals surface area contributed by atoms with Gasteiger partial charge in [-0.1, -0.05) is 31.9 Å². The van der Waals surface area contributed by atoms with Crippen molar-refractivity contribution in [1.29, 1.82) is 0 Å². The van der Waals surface area contributed by atoms with Gasteiger partial charge in [0.2, 0.25) is 11.8 Å². The predicted octanol–water partition coefficient (Wildman–Crippen LogP) is 2.22. The molecule has 0 saturated heterocycles. The van der Waals surface area contributed by atoms with E-state index in [4.69, 9.17) is 10.5 Å². The quantitative estimate of drug-likeness (QED) is 0.687. The van der Waals surface area contributed by atoms with E-state index in [0.29, 0.717) is 18.4 Å². The predicted molar refractivity (Wildman–Crippen MR) is 101 cm³/mol. The van der Waals surface area contributed by atoms with Gasteiger partial charge in [0.1, 0.15) is 0 Å². The minimum absolute atomic E-state index is 0. The number of ether oxygens (including phenoxy) is 1. The average Bonchev–Trinajstić information content (AvgIpc) is 2.58. The number of nitrogens with two attached hydrogens (primary N) is 1. The van der Waals surface area contributed by atoms with Crippen molar-refractivity contribution in [2.75, 3.05) is 18.4 Å². The molecule has 0 bridgehead atoms. The van der Waals surface area contributed by atoms with E-state index in [-0.39, 0.29) is 37.3 Å². The molecular weight excluding hydrogens is 342 g/mol. The Morgan fingerprint density at radius 1 is 1.28 bits per heavy atom. The first-order valence-electron chi connectivity index (χ1n) is 8.54. The highest BCUT2D eigenvalue weighted by molar-refractivity contribution is 5.94. The van der Waals surface area contributed by atoms with Crippen LogP contribution in [-0.2, 0) is 20.9 Å². The van der Waals surface area contributed by atoms with E-state index in [0.717, 1.165) is 24.3 Å². The molecule has 0 heterocycles. The van der Waals surface area contributed by atoms with Crippen LogP contribution >= 0.6 is 12.4 Å². The summed E-state index contributed by atoms with van der Waals surface area (Å²) in [6, 6.07) is 7.58. The van der Waals surface area contributed by atoms with Crippen LogP contribution in [0.2, 0.25) is 0 Å². The molecule has 6 nitrogen and oxygen atoms in total. The Labute approximate surface area is 155 Å². The minimum atomic E-state index is -0.353. The van der Waals surface area contributed by atoms with Crippen LogP contribution in [0.1, 0.15) is 38.2 Å². The smallest absolute Gasteiger partial charge is 0.243 e. The largest absolute Gasteiger partial charge is 0.374 e. The maximum atomic E-state index is 11.8. The number of benzene rings is 1. The van der Waals surface area contributed by atoms with Gasteiger partial charge in [0.25, 0.3) is 0 Å². The highest BCUT2D eigenvalue weighted by Crippen LogP contribution is 2.26. The summed E-state index contributed by atoms with van der Waals surface area (Å²) in [5.41, 5.74) is 6.90. The number of nitrogens with one attached hydrogen (secondary N) is 2. The fourth-order valence-corrected chi connectivity index (χ4v) is 2.94. The monoisotopic (exact) mass is 369 g/mol. The highest BCUT2D eigenvalue weighted by Gasteiger charge is 2.19. The van der Waals surface area contributed by atoms with E-state index in [2.05, 4.69) is 17.6 Å². The lowest BCUT2D eigenvalue weighted by molar-refractivity contribution is -0.123. The van der Waals surface area contributed by atoms with E-state index < -0.39 is 0 Å². The molecule has 1 aliphatic carbocycles. The van der Waals surface area contributed by atoms with E-state index in [1.165, 1.54) is 12.8 Å². The van der Waals surface area contributed by atoms with Crippen LogP contribution in [0.5, 0.6) is 0 Å². The Morgan fingerprint density at radius 3 is 2.80 bits per heavy atom. The lowest BCUT2D eigenvalue weighted by Crippen LogP contribution is -2.36. The number of carbonyl (C=O) groups excluding carboxylic acids is 2. The fourth-order valence-electron chi connectivity index (χ4n) is 2.94. The van der Waals surface area contributed by atoms with Crippen LogP contribution in [0.3, 0.4) is 0 Å². The molecule has 1 aromatic rings. The molecule has 1 aromatic carbocycles. The molecule has 2 rings (SSSR count). The van der Waals surface area contributed by atoms with Gasteiger partial charge in [0, 0.05) is 5.69 Å². The summed E-state index contributed by atoms with van der Waals surface area (Å²) in [5.74, 6) is 0.100. The number of amides is 2. The summed E-state index contributed by atoms with van der Waals surface area (Å²) >= 11 is 0. The number of carbonyl (C=O) groups is 2. The molecular formula is C18H28ClN3O3. The molecule has 140 valence electrons. The molecule has 2 unspecified atom stereocenters. The lowest BCUT2D eigenvalue weighted by Gasteiger charge is -2.26. The first-order chi connectivity index (χ1) is 11.6. The molecule has 0 spiro atoms. The third-order valence-electron chi connectivity index (χ3n) is 4.22. The van der Waals surface area contributed by atoms with Crippen LogP contribution in [-0.4, -0.2) is 31.0 Å². The summed E-state index contributed by atoms with van der Waals surface area (Å²) in [6.45, 7) is 2.61. The molecule has 1 fully saturated rings. The SMILES string of the molecule is CC1CCCC(OCc2cccc(NC(=O)CNC(=O)CN)c2)C1.Cl. The molecule has 0 aromatic heterocycles. The van der Waals surface area contributed by atoms with E-state index in [1.807, 2.05) is 24.3 Å². The highest BCUT2D eigenvalue weighted by atomic mass is 35.5. The van der Waals surface area contributed by atoms with Crippen molar-refractivity contribution < 1.29 is 14.3 Å². The number of hydrogen-bond donors (Lipinski definition) is 3. The number of anilines is 1. The maximum Gasteiger partial charge on any atom is 0.243 e. The third-order valence-corrected chi connectivity index (χ3v) is 4.22. The fraction of sp³-hybridized carbons (Fsp3) is 0.556. The molecule has 1 aliphatic rings. The van der Waals surface area contributed by atoms with Gasteiger partial charge in [-0.3, -0.25) is 9.59 Å². The first-order valence-corrected chi connectivity index (χ1v) is 8.54. The van der Waals surface area contributed by atoms with Gasteiger partial charge in [0.15, 0.2) is 0 Å². The van der Waals surface area contributed by atoms with Crippen molar-refractivity contribution in [3.05, 3.63) is 29.8 Å². The molecule has 2 amide bonds. The van der Waals surface area contributed by atoms with Crippen LogP contribution in [0.15, 0.2) is 24.3 Å². The number of rotatable bonds is 7. The second kappa shape index (κ2) is 11.1. The average molecular weight is 370 g/mol. The summed E-state index contributed by atoms with van der Waals surface area (Å²) in [4.78, 5) is 22.8. The molecule has 25 heavy (non-hydrogen) atoms. The summed E-state index contributed by atoms with van der Waals surface area (Å²) in [6.07, 6.45) is 5.11. The number of hydrogen-bond acceptors (Lipinski definition) is 4. The van der Waals surface area contributed by atoms with Crippen LogP contribution in [0.25, 0.3) is 0 Å². The van der Waals surface area contributed by atoms with Gasteiger partial charge in [-0.15, -0.1) is 12.4 Å². The Bertz CT molecular complexity index is 568. The zero-order chi connectivity index (χ0) is 17.4. The Kier molecular flexibility index (Phi) is 9.49. The van der Waals surface area contributed by atoms with Gasteiger partial charge in [-0.05, 0) is 36.5 Å². The van der Waals surface area contributed by atoms with E-state index >= 15 is 0 Å². The van der Waals surface area contributed by atoms with Crippen molar-refractivity contribution >= 4 is 29.9 Å². The topological polar surface area (TPSA) is 93.5 Å². The van der Waals surface area contributed by atoms with E-state index in [1.54, 1.807) is 0 Å². The van der Waals surface area contributed by atoms with Crippen molar-refractivity contribution in [3.63, 3.8) is 0 Å². The van der Waals surface area contributed by atoms with Gasteiger partial charge < -0.3 is 21.1 Å². The van der Waals surface area contributed by atoms with Crippen LogP contribution in [0, 0.1) is 5.92 Å². The maximum absolute atomic E-state index is 11.8. The molecule has 4 N–H and O–H groups in total. The molecule has 1 saturated carbocycles. The zero-order valence-corrected chi connectivity index (χ0v) is 15.4. The third kappa shape index (κ3) is 7.86. The Balaban J connectivity index is 0.00000312. The molecule has 2 atom stereocenters. The number of halogens is 1. The van der Waals surface area contributed by atoms with Gasteiger partial charge in [-0.25, -0.2) is 0 Å². The van der Waals surface area contributed by atoms with Gasteiger partial charge in [0.05, 0.1) is 25.8 Å². The summed E-state index contributed by atoms with van der Waals surface area (Å²) in [7, 11) is 0. The Hall–Kier alpha value is -1.63. The lowest BCUT2D eigenvalue weighted by atomic mass is 9.89. The molecule has 0 radical (unpaired) electrons. The van der Waals surface area contributed by atoms with Crippen LogP contribution in [0.4, 0.5) is 5.69 Å². The first kappa shape index (κ1) is 21.4. The van der Waals surface area contributed by atoms with Crippen LogP contribution < -0.4 is 16.4 Å². The normalized spacial score (nSPS) is 19.6. The van der Waals surface area contributed by atoms with Crippen molar-refractivity contribution in [2.45, 2.75) is 45.3 Å². The molecule has 0 aliphatic heterocycles. The second-order valence-corrected chi connectivity index (χ2v) is 6.43. The minimum Gasteiger partial charge on any atom is -0.374 e.